The van der Waals surface area contributed by atoms with Crippen molar-refractivity contribution in [3.8, 4) is 11.1 Å². The van der Waals surface area contributed by atoms with Crippen molar-refractivity contribution in [3.05, 3.63) is 143 Å². The van der Waals surface area contributed by atoms with Gasteiger partial charge in [-0.15, -0.1) is 0 Å². The number of benzene rings is 5. The van der Waals surface area contributed by atoms with Gasteiger partial charge in [0.05, 0.1) is 6.42 Å². The molecule has 0 aliphatic carbocycles. The molecule has 0 saturated carbocycles. The second-order valence-corrected chi connectivity index (χ2v) is 12.9. The van der Waals surface area contributed by atoms with Gasteiger partial charge in [-0.2, -0.15) is 0 Å². The van der Waals surface area contributed by atoms with Crippen LogP contribution in [0.1, 0.15) is 29.5 Å². The second-order valence-electron chi connectivity index (χ2n) is 12.5. The Morgan fingerprint density at radius 3 is 2.32 bits per heavy atom. The molecule has 4 N–H and O–H groups in total. The van der Waals surface area contributed by atoms with Gasteiger partial charge in [-0.1, -0.05) is 121 Å². The zero-order chi connectivity index (χ0) is 32.6. The van der Waals surface area contributed by atoms with E-state index < -0.39 is 0 Å². The SMILES string of the molecule is N=C(N)NCCC[C@H]1CN(C(=O)Cc2ccc3ccccc3c2)[C@H](Cc2ccccc2)CN1Cc1ccccc1-c1ccc(Cl)cc1. The fourth-order valence-electron chi connectivity index (χ4n) is 6.82. The van der Waals surface area contributed by atoms with Crippen molar-refractivity contribution < 1.29 is 4.79 Å². The third-order valence-electron chi connectivity index (χ3n) is 9.19. The monoisotopic (exact) mass is 643 g/mol. The van der Waals surface area contributed by atoms with Gasteiger partial charge in [0.2, 0.25) is 5.91 Å². The molecule has 47 heavy (non-hydrogen) atoms. The minimum absolute atomic E-state index is 0.0162. The van der Waals surface area contributed by atoms with E-state index in [1.165, 1.54) is 22.1 Å². The number of carbonyl (C=O) groups is 1. The van der Waals surface area contributed by atoms with Crippen LogP contribution in [0.2, 0.25) is 5.02 Å². The van der Waals surface area contributed by atoms with Crippen molar-refractivity contribution in [2.24, 2.45) is 5.73 Å². The number of rotatable bonds is 11. The van der Waals surface area contributed by atoms with Crippen molar-refractivity contribution >= 4 is 34.2 Å². The summed E-state index contributed by atoms with van der Waals surface area (Å²) in [6, 6.07) is 41.9. The Hall–Kier alpha value is -4.65. The van der Waals surface area contributed by atoms with Crippen molar-refractivity contribution in [1.82, 2.24) is 15.1 Å². The molecule has 1 amide bonds. The standard InChI is InChI=1S/C40H42ClN5O/c41-35-20-18-32(19-21-35)38-15-7-6-13-34(38)26-45-27-37(24-29-9-2-1-3-10-29)46(28-36(45)14-8-22-44-40(42)43)39(47)25-30-16-17-31-11-4-5-12-33(31)23-30/h1-7,9-13,15-21,23,36-37H,8,14,22,24-28H2,(H4,42,43,44)/t36-,37+/m0/s1. The zero-order valence-corrected chi connectivity index (χ0v) is 27.4. The maximum absolute atomic E-state index is 14.2. The average Bonchev–Trinajstić information content (AvgIpc) is 3.08. The normalized spacial score (nSPS) is 16.7. The smallest absolute Gasteiger partial charge is 0.227 e. The molecule has 7 heteroatoms. The predicted octanol–water partition coefficient (Wildman–Crippen LogP) is 7.29. The first-order valence-corrected chi connectivity index (χ1v) is 16.8. The summed E-state index contributed by atoms with van der Waals surface area (Å²) in [5.41, 5.74) is 11.4. The minimum atomic E-state index is -0.0162. The summed E-state index contributed by atoms with van der Waals surface area (Å²) in [5, 5.41) is 13.6. The molecule has 6 rings (SSSR count). The molecule has 0 aromatic heterocycles. The fourth-order valence-corrected chi connectivity index (χ4v) is 6.94. The topological polar surface area (TPSA) is 85.5 Å². The van der Waals surface area contributed by atoms with Crippen LogP contribution >= 0.6 is 11.6 Å². The lowest BCUT2D eigenvalue weighted by Gasteiger charge is -2.47. The Labute approximate surface area is 282 Å². The number of fused-ring (bicyclic) bond motifs is 1. The van der Waals surface area contributed by atoms with E-state index in [9.17, 15) is 4.79 Å². The molecule has 0 spiro atoms. The molecule has 1 heterocycles. The highest BCUT2D eigenvalue weighted by Crippen LogP contribution is 2.30. The molecule has 1 saturated heterocycles. The number of nitrogens with two attached hydrogens (primary N) is 1. The van der Waals surface area contributed by atoms with Crippen molar-refractivity contribution in [3.63, 3.8) is 0 Å². The summed E-state index contributed by atoms with van der Waals surface area (Å²) in [4.78, 5) is 19.0. The molecule has 1 aliphatic rings. The van der Waals surface area contributed by atoms with Gasteiger partial charge in [-0.05, 0) is 70.0 Å². The Kier molecular flexibility index (Phi) is 10.5. The summed E-state index contributed by atoms with van der Waals surface area (Å²) >= 11 is 6.23. The van der Waals surface area contributed by atoms with Crippen LogP contribution in [0, 0.1) is 5.41 Å². The van der Waals surface area contributed by atoms with Crippen LogP contribution in [-0.4, -0.2) is 53.4 Å². The first kappa shape index (κ1) is 32.3. The number of nitrogens with one attached hydrogen (secondary N) is 2. The first-order chi connectivity index (χ1) is 22.9. The van der Waals surface area contributed by atoms with Crippen LogP contribution in [0.25, 0.3) is 21.9 Å². The summed E-state index contributed by atoms with van der Waals surface area (Å²) in [6.45, 7) is 2.80. The zero-order valence-electron chi connectivity index (χ0n) is 26.6. The molecular formula is C40H42ClN5O. The molecule has 5 aromatic carbocycles. The quantitative estimate of drug-likeness (QED) is 0.0802. The fraction of sp³-hybridized carbons (Fsp3) is 0.250. The van der Waals surface area contributed by atoms with E-state index in [0.29, 0.717) is 19.5 Å². The van der Waals surface area contributed by atoms with E-state index in [2.05, 4.69) is 106 Å². The van der Waals surface area contributed by atoms with Gasteiger partial charge in [0.1, 0.15) is 0 Å². The first-order valence-electron chi connectivity index (χ1n) is 16.4. The van der Waals surface area contributed by atoms with E-state index in [1.807, 2.05) is 30.3 Å². The van der Waals surface area contributed by atoms with Crippen LogP contribution in [0.3, 0.4) is 0 Å². The van der Waals surface area contributed by atoms with Gasteiger partial charge in [-0.25, -0.2) is 0 Å². The lowest BCUT2D eigenvalue weighted by Crippen LogP contribution is -2.60. The summed E-state index contributed by atoms with van der Waals surface area (Å²) < 4.78 is 0. The van der Waals surface area contributed by atoms with Crippen LogP contribution < -0.4 is 11.1 Å². The number of nitrogens with zero attached hydrogens (tertiary/aromatic N) is 2. The molecule has 0 bridgehead atoms. The van der Waals surface area contributed by atoms with Crippen molar-refractivity contribution in [2.75, 3.05) is 19.6 Å². The van der Waals surface area contributed by atoms with Gasteiger partial charge in [0, 0.05) is 43.3 Å². The highest BCUT2D eigenvalue weighted by atomic mass is 35.5. The maximum Gasteiger partial charge on any atom is 0.227 e. The number of guanidine groups is 1. The predicted molar refractivity (Wildman–Crippen MR) is 194 cm³/mol. The van der Waals surface area contributed by atoms with E-state index in [4.69, 9.17) is 22.7 Å². The lowest BCUT2D eigenvalue weighted by molar-refractivity contribution is -0.137. The molecule has 1 fully saturated rings. The van der Waals surface area contributed by atoms with Crippen LogP contribution in [0.5, 0.6) is 0 Å². The number of halogens is 1. The number of amides is 1. The van der Waals surface area contributed by atoms with Gasteiger partial charge in [-0.3, -0.25) is 15.1 Å². The second kappa shape index (κ2) is 15.3. The third-order valence-corrected chi connectivity index (χ3v) is 9.44. The molecule has 5 aromatic rings. The van der Waals surface area contributed by atoms with Gasteiger partial charge in [0.15, 0.2) is 5.96 Å². The number of carbonyl (C=O) groups excluding carboxylic acids is 1. The van der Waals surface area contributed by atoms with Crippen LogP contribution in [0.4, 0.5) is 0 Å². The van der Waals surface area contributed by atoms with Crippen molar-refractivity contribution in [1.29, 1.82) is 5.41 Å². The number of piperazine rings is 1. The third kappa shape index (κ3) is 8.39. The molecule has 6 nitrogen and oxygen atoms in total. The van der Waals surface area contributed by atoms with E-state index >= 15 is 0 Å². The average molecular weight is 644 g/mol. The summed E-state index contributed by atoms with van der Waals surface area (Å²) in [7, 11) is 0. The molecular weight excluding hydrogens is 602 g/mol. The number of hydrogen-bond donors (Lipinski definition) is 3. The Balaban J connectivity index is 1.29. The molecule has 0 radical (unpaired) electrons. The molecule has 0 unspecified atom stereocenters. The molecule has 1 aliphatic heterocycles. The van der Waals surface area contributed by atoms with Crippen LogP contribution in [0.15, 0.2) is 121 Å². The molecule has 240 valence electrons. The van der Waals surface area contributed by atoms with E-state index in [1.54, 1.807) is 0 Å². The minimum Gasteiger partial charge on any atom is -0.370 e. The highest BCUT2D eigenvalue weighted by molar-refractivity contribution is 6.30. The lowest BCUT2D eigenvalue weighted by atomic mass is 9.94. The largest absolute Gasteiger partial charge is 0.370 e. The van der Waals surface area contributed by atoms with Gasteiger partial charge < -0.3 is 16.0 Å². The Morgan fingerprint density at radius 1 is 0.809 bits per heavy atom. The Morgan fingerprint density at radius 2 is 1.53 bits per heavy atom. The van der Waals surface area contributed by atoms with Crippen molar-refractivity contribution in [2.45, 2.75) is 44.3 Å². The Bertz CT molecular complexity index is 1810. The van der Waals surface area contributed by atoms with Crippen LogP contribution in [-0.2, 0) is 24.2 Å². The maximum atomic E-state index is 14.2. The number of hydrogen-bond acceptors (Lipinski definition) is 3. The van der Waals surface area contributed by atoms with E-state index in [0.717, 1.165) is 53.9 Å². The van der Waals surface area contributed by atoms with Gasteiger partial charge in [0.25, 0.3) is 0 Å². The van der Waals surface area contributed by atoms with Gasteiger partial charge >= 0.3 is 0 Å². The summed E-state index contributed by atoms with van der Waals surface area (Å²) in [6.07, 6.45) is 2.88. The highest BCUT2D eigenvalue weighted by Gasteiger charge is 2.36. The van der Waals surface area contributed by atoms with E-state index in [-0.39, 0.29) is 24.0 Å². The molecule has 2 atom stereocenters. The summed E-state index contributed by atoms with van der Waals surface area (Å²) in [5.74, 6) is 0.145.